The smallest absolute Gasteiger partial charge is 0.338 e. The molecule has 3 heterocycles. The van der Waals surface area contributed by atoms with Crippen molar-refractivity contribution < 1.29 is 14.6 Å². The second kappa shape index (κ2) is 7.81. The van der Waals surface area contributed by atoms with Crippen molar-refractivity contribution >= 4 is 34.7 Å². The minimum atomic E-state index is -0.563. The van der Waals surface area contributed by atoms with Crippen molar-refractivity contribution in [2.75, 3.05) is 6.61 Å². The van der Waals surface area contributed by atoms with Gasteiger partial charge >= 0.3 is 5.97 Å². The van der Waals surface area contributed by atoms with Gasteiger partial charge in [0.05, 0.1) is 22.4 Å². The van der Waals surface area contributed by atoms with Crippen molar-refractivity contribution in [2.24, 2.45) is 4.99 Å². The molecule has 1 N–H and O–H groups in total. The summed E-state index contributed by atoms with van der Waals surface area (Å²) in [5.74, 6) is -0.295. The number of phenols is 1. The van der Waals surface area contributed by atoms with Crippen molar-refractivity contribution in [2.45, 2.75) is 19.9 Å². The number of esters is 1. The van der Waals surface area contributed by atoms with Crippen LogP contribution in [-0.2, 0) is 9.53 Å². The molecule has 6 nitrogen and oxygen atoms in total. The molecule has 2 aromatic heterocycles. The van der Waals surface area contributed by atoms with E-state index >= 15 is 0 Å². The SMILES string of the molecule is CCOC(=O)C1=C(C)N=c2s/c(=C/c3ccc(O)cc3)c(=O)n2[C@H]1c1cccs1. The van der Waals surface area contributed by atoms with E-state index < -0.39 is 12.0 Å². The number of carbonyl (C=O) groups excluding carboxylic acids is 1. The summed E-state index contributed by atoms with van der Waals surface area (Å²) in [5.41, 5.74) is 1.52. The Balaban J connectivity index is 1.93. The fourth-order valence-electron chi connectivity index (χ4n) is 3.23. The maximum atomic E-state index is 13.3. The molecule has 4 rings (SSSR count). The van der Waals surface area contributed by atoms with Gasteiger partial charge in [0, 0.05) is 4.88 Å². The topological polar surface area (TPSA) is 80.9 Å². The van der Waals surface area contributed by atoms with E-state index in [9.17, 15) is 14.7 Å². The van der Waals surface area contributed by atoms with Crippen molar-refractivity contribution in [1.82, 2.24) is 4.57 Å². The molecule has 3 aromatic rings. The third-order valence-electron chi connectivity index (χ3n) is 4.52. The van der Waals surface area contributed by atoms with E-state index in [0.717, 1.165) is 10.4 Å². The number of rotatable bonds is 4. The molecule has 0 saturated carbocycles. The highest BCUT2D eigenvalue weighted by atomic mass is 32.1. The average molecular weight is 427 g/mol. The number of allylic oxidation sites excluding steroid dienone is 1. The van der Waals surface area contributed by atoms with Crippen LogP contribution >= 0.6 is 22.7 Å². The lowest BCUT2D eigenvalue weighted by atomic mass is 10.0. The molecule has 1 aliphatic heterocycles. The molecule has 1 aliphatic rings. The van der Waals surface area contributed by atoms with Crippen molar-refractivity contribution in [3.8, 4) is 5.75 Å². The largest absolute Gasteiger partial charge is 0.508 e. The molecule has 0 spiro atoms. The second-order valence-electron chi connectivity index (χ2n) is 6.41. The van der Waals surface area contributed by atoms with E-state index in [2.05, 4.69) is 4.99 Å². The van der Waals surface area contributed by atoms with Crippen LogP contribution in [0.3, 0.4) is 0 Å². The van der Waals surface area contributed by atoms with E-state index in [1.165, 1.54) is 22.7 Å². The predicted octanol–water partition coefficient (Wildman–Crippen LogP) is 2.57. The first-order valence-electron chi connectivity index (χ1n) is 9.01. The van der Waals surface area contributed by atoms with Gasteiger partial charge in [-0.25, -0.2) is 9.79 Å². The number of hydrogen-bond acceptors (Lipinski definition) is 7. The van der Waals surface area contributed by atoms with E-state index in [1.807, 2.05) is 17.5 Å². The van der Waals surface area contributed by atoms with Crippen molar-refractivity contribution in [3.63, 3.8) is 0 Å². The number of thiazole rings is 1. The number of ether oxygens (including phenoxy) is 1. The number of carbonyl (C=O) groups is 1. The van der Waals surface area contributed by atoms with E-state index in [4.69, 9.17) is 4.74 Å². The molecule has 0 aliphatic carbocycles. The highest BCUT2D eigenvalue weighted by Crippen LogP contribution is 2.33. The molecule has 0 unspecified atom stereocenters. The summed E-state index contributed by atoms with van der Waals surface area (Å²) in [4.78, 5) is 31.9. The Morgan fingerprint density at radius 2 is 2.07 bits per heavy atom. The van der Waals surface area contributed by atoms with Crippen molar-refractivity contribution in [3.05, 3.63) is 83.2 Å². The summed E-state index contributed by atoms with van der Waals surface area (Å²) in [5, 5.41) is 11.4. The summed E-state index contributed by atoms with van der Waals surface area (Å²) >= 11 is 2.76. The zero-order valence-corrected chi connectivity index (χ0v) is 17.4. The summed E-state index contributed by atoms with van der Waals surface area (Å²) in [6.07, 6.45) is 1.76. The number of benzene rings is 1. The molecule has 0 bridgehead atoms. The lowest BCUT2D eigenvalue weighted by Crippen LogP contribution is -2.39. The molecule has 0 saturated heterocycles. The number of fused-ring (bicyclic) bond motifs is 1. The number of nitrogens with zero attached hydrogens (tertiary/aromatic N) is 2. The molecule has 1 atom stereocenters. The maximum Gasteiger partial charge on any atom is 0.338 e. The quantitative estimate of drug-likeness (QED) is 0.650. The minimum absolute atomic E-state index is 0.163. The van der Waals surface area contributed by atoms with Gasteiger partial charge < -0.3 is 9.84 Å². The van der Waals surface area contributed by atoms with Gasteiger partial charge in [-0.3, -0.25) is 9.36 Å². The van der Waals surface area contributed by atoms with Crippen LogP contribution in [0.5, 0.6) is 5.75 Å². The first-order valence-corrected chi connectivity index (χ1v) is 10.7. The zero-order chi connectivity index (χ0) is 20.5. The zero-order valence-electron chi connectivity index (χ0n) is 15.8. The molecule has 0 fully saturated rings. The van der Waals surface area contributed by atoms with Gasteiger partial charge in [0.15, 0.2) is 4.80 Å². The van der Waals surface area contributed by atoms with E-state index in [-0.39, 0.29) is 17.9 Å². The summed E-state index contributed by atoms with van der Waals surface area (Å²) in [6.45, 7) is 3.77. The lowest BCUT2D eigenvalue weighted by Gasteiger charge is -2.23. The van der Waals surface area contributed by atoms with Crippen LogP contribution in [0, 0.1) is 0 Å². The van der Waals surface area contributed by atoms with Gasteiger partial charge in [-0.05, 0) is 49.1 Å². The van der Waals surface area contributed by atoms with Crippen LogP contribution in [0.2, 0.25) is 0 Å². The van der Waals surface area contributed by atoms with Gasteiger partial charge in [-0.2, -0.15) is 0 Å². The van der Waals surface area contributed by atoms with Crippen LogP contribution in [0.1, 0.15) is 30.3 Å². The molecule has 8 heteroatoms. The van der Waals surface area contributed by atoms with Gasteiger partial charge in [0.2, 0.25) is 0 Å². The first kappa shape index (κ1) is 19.4. The monoisotopic (exact) mass is 426 g/mol. The molecule has 0 amide bonds. The Morgan fingerprint density at radius 1 is 1.31 bits per heavy atom. The molecule has 148 valence electrons. The Bertz CT molecular complexity index is 1270. The van der Waals surface area contributed by atoms with Gasteiger partial charge in [0.25, 0.3) is 5.56 Å². The summed E-state index contributed by atoms with van der Waals surface area (Å²) in [7, 11) is 0. The first-order chi connectivity index (χ1) is 14.0. The van der Waals surface area contributed by atoms with Crippen LogP contribution in [0.15, 0.2) is 62.8 Å². The second-order valence-corrected chi connectivity index (χ2v) is 8.40. The number of phenolic OH excluding ortho intramolecular Hbond substituents is 1. The standard InChI is InChI=1S/C21H18N2O4S2/c1-3-27-20(26)17-12(2)22-21-23(18(17)15-5-4-10-28-15)19(25)16(29-21)11-13-6-8-14(24)9-7-13/h4-11,18,24H,3H2,1-2H3/b16-11+/t18-/m0/s1. The molecule has 29 heavy (non-hydrogen) atoms. The normalized spacial score (nSPS) is 16.5. The molecule has 0 radical (unpaired) electrons. The number of aromatic hydroxyl groups is 1. The highest BCUT2D eigenvalue weighted by molar-refractivity contribution is 7.10. The Kier molecular flexibility index (Phi) is 5.21. The lowest BCUT2D eigenvalue weighted by molar-refractivity contribution is -0.139. The predicted molar refractivity (Wildman–Crippen MR) is 113 cm³/mol. The van der Waals surface area contributed by atoms with E-state index in [1.54, 1.807) is 48.8 Å². The third kappa shape index (κ3) is 3.56. The summed E-state index contributed by atoms with van der Waals surface area (Å²) in [6, 6.07) is 9.85. The van der Waals surface area contributed by atoms with Crippen LogP contribution < -0.4 is 14.9 Å². The van der Waals surface area contributed by atoms with Crippen LogP contribution in [-0.4, -0.2) is 22.2 Å². The third-order valence-corrected chi connectivity index (χ3v) is 6.43. The van der Waals surface area contributed by atoms with Crippen LogP contribution in [0.4, 0.5) is 0 Å². The molecule has 1 aromatic carbocycles. The molecular formula is C21H18N2O4S2. The van der Waals surface area contributed by atoms with Gasteiger partial charge in [-0.1, -0.05) is 29.5 Å². The number of hydrogen-bond donors (Lipinski definition) is 1. The van der Waals surface area contributed by atoms with Gasteiger partial charge in [-0.15, -0.1) is 11.3 Å². The van der Waals surface area contributed by atoms with Crippen LogP contribution in [0.25, 0.3) is 6.08 Å². The fraction of sp³-hybridized carbons (Fsp3) is 0.190. The number of thiophene rings is 1. The minimum Gasteiger partial charge on any atom is -0.508 e. The summed E-state index contributed by atoms with van der Waals surface area (Å²) < 4.78 is 7.33. The van der Waals surface area contributed by atoms with Crippen molar-refractivity contribution in [1.29, 1.82) is 0 Å². The number of aromatic nitrogens is 1. The van der Waals surface area contributed by atoms with Gasteiger partial charge in [0.1, 0.15) is 11.8 Å². The fourth-order valence-corrected chi connectivity index (χ4v) is 5.10. The Labute approximate surface area is 174 Å². The van der Waals surface area contributed by atoms with E-state index in [0.29, 0.717) is 20.6 Å². The maximum absolute atomic E-state index is 13.3. The molecular weight excluding hydrogens is 408 g/mol. The average Bonchev–Trinajstić information content (AvgIpc) is 3.32. The Hall–Kier alpha value is -2.97. The Morgan fingerprint density at radius 3 is 2.72 bits per heavy atom. The highest BCUT2D eigenvalue weighted by Gasteiger charge is 2.33.